The third kappa shape index (κ3) is 3.82. The lowest BCUT2D eigenvalue weighted by Crippen LogP contribution is -2.28. The zero-order chi connectivity index (χ0) is 14.6. The highest BCUT2D eigenvalue weighted by Crippen LogP contribution is 2.35. The summed E-state index contributed by atoms with van der Waals surface area (Å²) in [4.78, 5) is 2.27. The smallest absolute Gasteiger partial charge is 0.185 e. The predicted molar refractivity (Wildman–Crippen MR) is 81.6 cm³/mol. The Morgan fingerprint density at radius 3 is 2.47 bits per heavy atom. The maximum Gasteiger partial charge on any atom is 0.185 e. The van der Waals surface area contributed by atoms with E-state index in [1.165, 1.54) is 11.5 Å². The van der Waals surface area contributed by atoms with Crippen molar-refractivity contribution in [3.8, 4) is 0 Å². The van der Waals surface area contributed by atoms with Crippen LogP contribution in [-0.4, -0.2) is 31.6 Å². The van der Waals surface area contributed by atoms with E-state index in [1.54, 1.807) is 0 Å². The maximum atomic E-state index is 12.3. The summed E-state index contributed by atoms with van der Waals surface area (Å²) in [5.74, 6) is 0.697. The van der Waals surface area contributed by atoms with Gasteiger partial charge in [-0.2, -0.15) is 4.37 Å². The minimum atomic E-state index is -3.34. The average molecular weight is 305 g/mol. The predicted octanol–water partition coefficient (Wildman–Crippen LogP) is 2.39. The normalized spacial score (nSPS) is 12.1. The van der Waals surface area contributed by atoms with Crippen LogP contribution in [0.4, 0.5) is 10.8 Å². The van der Waals surface area contributed by atoms with Crippen LogP contribution in [0.2, 0.25) is 0 Å². The molecule has 5 nitrogen and oxygen atoms in total. The van der Waals surface area contributed by atoms with E-state index >= 15 is 0 Å². The van der Waals surface area contributed by atoms with Crippen molar-refractivity contribution in [3.05, 3.63) is 0 Å². The first-order chi connectivity index (χ1) is 8.83. The number of nitrogens with two attached hydrogens (primary N) is 1. The Morgan fingerprint density at radius 2 is 2.00 bits per heavy atom. The van der Waals surface area contributed by atoms with Gasteiger partial charge in [0.25, 0.3) is 0 Å². The molecule has 0 aliphatic carbocycles. The van der Waals surface area contributed by atoms with Gasteiger partial charge < -0.3 is 10.6 Å². The summed E-state index contributed by atoms with van der Waals surface area (Å²) in [5.41, 5.74) is 5.77. The number of sulfone groups is 1. The van der Waals surface area contributed by atoms with Gasteiger partial charge in [-0.15, -0.1) is 0 Å². The van der Waals surface area contributed by atoms with Crippen LogP contribution in [0.1, 0.15) is 34.1 Å². The van der Waals surface area contributed by atoms with Gasteiger partial charge in [-0.05, 0) is 30.8 Å². The molecule has 2 N–H and O–H groups in total. The zero-order valence-electron chi connectivity index (χ0n) is 12.0. The van der Waals surface area contributed by atoms with Gasteiger partial charge in [-0.3, -0.25) is 0 Å². The van der Waals surface area contributed by atoms with Gasteiger partial charge in [-0.1, -0.05) is 20.8 Å². The fourth-order valence-corrected chi connectivity index (χ4v) is 4.78. The molecule has 7 heteroatoms. The zero-order valence-corrected chi connectivity index (χ0v) is 13.6. The van der Waals surface area contributed by atoms with Crippen LogP contribution in [0.25, 0.3) is 0 Å². The Labute approximate surface area is 119 Å². The number of hydrogen-bond acceptors (Lipinski definition) is 6. The van der Waals surface area contributed by atoms with Gasteiger partial charge >= 0.3 is 0 Å². The van der Waals surface area contributed by atoms with E-state index in [9.17, 15) is 8.42 Å². The summed E-state index contributed by atoms with van der Waals surface area (Å²) in [6, 6.07) is 0. The minimum absolute atomic E-state index is 0.113. The lowest BCUT2D eigenvalue weighted by molar-refractivity contribution is 0.592. The first-order valence-corrected chi connectivity index (χ1v) is 8.98. The van der Waals surface area contributed by atoms with Crippen molar-refractivity contribution in [1.29, 1.82) is 0 Å². The van der Waals surface area contributed by atoms with Crippen molar-refractivity contribution in [2.75, 3.05) is 29.5 Å². The van der Waals surface area contributed by atoms with E-state index < -0.39 is 9.84 Å². The van der Waals surface area contributed by atoms with Crippen LogP contribution in [0.15, 0.2) is 4.90 Å². The van der Waals surface area contributed by atoms with Crippen LogP contribution in [0.5, 0.6) is 0 Å². The van der Waals surface area contributed by atoms with Crippen LogP contribution < -0.4 is 10.6 Å². The van der Waals surface area contributed by atoms with Gasteiger partial charge in [0.15, 0.2) is 15.7 Å². The highest BCUT2D eigenvalue weighted by molar-refractivity contribution is 7.91. The van der Waals surface area contributed by atoms with E-state index in [4.69, 9.17) is 5.73 Å². The van der Waals surface area contributed by atoms with Crippen LogP contribution >= 0.6 is 11.5 Å². The number of hydrogen-bond donors (Lipinski definition) is 1. The molecule has 1 heterocycles. The Hall–Kier alpha value is -0.820. The number of aromatic nitrogens is 1. The molecule has 0 saturated carbocycles. The molecule has 0 radical (unpaired) electrons. The minimum Gasteiger partial charge on any atom is -0.382 e. The molecular formula is C12H23N3O2S2. The standard InChI is InChI=1S/C12H23N3O2S2/c1-5-7-19(16,17)10-11(13)14-18-12(10)15(6-2)8-9(3)4/h9H,5-8H2,1-4H3,(H2,13,14). The summed E-state index contributed by atoms with van der Waals surface area (Å²) in [7, 11) is -3.34. The molecule has 0 bridgehead atoms. The molecule has 0 fully saturated rings. The fraction of sp³-hybridized carbons (Fsp3) is 0.750. The summed E-state index contributed by atoms with van der Waals surface area (Å²) in [6.45, 7) is 9.61. The van der Waals surface area contributed by atoms with Crippen LogP contribution in [0.3, 0.4) is 0 Å². The second kappa shape index (κ2) is 6.56. The summed E-state index contributed by atoms with van der Waals surface area (Å²) in [5, 5.41) is 0.683. The first kappa shape index (κ1) is 16.2. The van der Waals surface area contributed by atoms with Crippen LogP contribution in [-0.2, 0) is 9.84 Å². The molecule has 1 aromatic heterocycles. The second-order valence-electron chi connectivity index (χ2n) is 4.95. The molecule has 0 aromatic carbocycles. The molecular weight excluding hydrogens is 282 g/mol. The second-order valence-corrected chi connectivity index (χ2v) is 7.75. The summed E-state index contributed by atoms with van der Waals surface area (Å²) >= 11 is 1.18. The Morgan fingerprint density at radius 1 is 1.37 bits per heavy atom. The van der Waals surface area contributed by atoms with Gasteiger partial charge in [0.05, 0.1) is 5.75 Å². The Kier molecular flexibility index (Phi) is 5.61. The summed E-state index contributed by atoms with van der Waals surface area (Å²) in [6.07, 6.45) is 0.577. The molecule has 0 atom stereocenters. The molecule has 110 valence electrons. The average Bonchev–Trinajstić information content (AvgIpc) is 2.68. The number of nitrogens with zero attached hydrogens (tertiary/aromatic N) is 2. The van der Waals surface area contributed by atoms with Gasteiger partial charge in [0.2, 0.25) is 0 Å². The number of anilines is 2. The van der Waals surface area contributed by atoms with Crippen molar-refractivity contribution in [2.45, 2.75) is 39.0 Å². The van der Waals surface area contributed by atoms with Crippen molar-refractivity contribution >= 4 is 32.2 Å². The van der Waals surface area contributed by atoms with E-state index in [0.29, 0.717) is 17.3 Å². The van der Waals surface area contributed by atoms with Crippen molar-refractivity contribution in [1.82, 2.24) is 4.37 Å². The van der Waals surface area contributed by atoms with Gasteiger partial charge in [0.1, 0.15) is 9.90 Å². The number of nitrogen functional groups attached to an aromatic ring is 1. The van der Waals surface area contributed by atoms with Crippen molar-refractivity contribution in [3.63, 3.8) is 0 Å². The van der Waals surface area contributed by atoms with E-state index in [0.717, 1.165) is 13.1 Å². The molecule has 0 aliphatic heterocycles. The quantitative estimate of drug-likeness (QED) is 0.837. The fourth-order valence-electron chi connectivity index (χ4n) is 1.95. The third-order valence-corrected chi connectivity index (χ3v) is 5.72. The Bertz CT molecular complexity index is 509. The SMILES string of the molecule is CCCS(=O)(=O)c1c(N)nsc1N(CC)CC(C)C. The van der Waals surface area contributed by atoms with Crippen LogP contribution in [0, 0.1) is 5.92 Å². The third-order valence-electron chi connectivity index (χ3n) is 2.70. The number of rotatable bonds is 7. The van der Waals surface area contributed by atoms with E-state index in [2.05, 4.69) is 18.2 Å². The summed E-state index contributed by atoms with van der Waals surface area (Å²) < 4.78 is 28.6. The van der Waals surface area contributed by atoms with E-state index in [-0.39, 0.29) is 16.5 Å². The Balaban J connectivity index is 3.23. The molecule has 1 rings (SSSR count). The molecule has 0 saturated heterocycles. The first-order valence-electron chi connectivity index (χ1n) is 6.56. The lowest BCUT2D eigenvalue weighted by Gasteiger charge is -2.24. The molecule has 0 spiro atoms. The monoisotopic (exact) mass is 305 g/mol. The van der Waals surface area contributed by atoms with Crippen molar-refractivity contribution in [2.24, 2.45) is 5.92 Å². The molecule has 0 amide bonds. The molecule has 0 aliphatic rings. The molecule has 0 unspecified atom stereocenters. The molecule has 19 heavy (non-hydrogen) atoms. The van der Waals surface area contributed by atoms with Gasteiger partial charge in [-0.25, -0.2) is 8.42 Å². The highest BCUT2D eigenvalue weighted by atomic mass is 32.2. The van der Waals surface area contributed by atoms with E-state index in [1.807, 2.05) is 18.7 Å². The molecule has 1 aromatic rings. The topological polar surface area (TPSA) is 76.3 Å². The largest absolute Gasteiger partial charge is 0.382 e. The van der Waals surface area contributed by atoms with Gasteiger partial charge in [0, 0.05) is 13.1 Å². The maximum absolute atomic E-state index is 12.3. The lowest BCUT2D eigenvalue weighted by atomic mass is 10.2. The van der Waals surface area contributed by atoms with Crippen molar-refractivity contribution < 1.29 is 8.42 Å². The highest BCUT2D eigenvalue weighted by Gasteiger charge is 2.27.